The molecule has 0 aliphatic carbocycles. The van der Waals surface area contributed by atoms with Crippen molar-refractivity contribution in [2.24, 2.45) is 20.5 Å². The fraction of sp³-hybridized carbons (Fsp3) is 0.294. The maximum Gasteiger partial charge on any atom is 0.416 e. The van der Waals surface area contributed by atoms with Gasteiger partial charge in [-0.1, -0.05) is 0 Å². The third-order valence-electron chi connectivity index (χ3n) is 7.31. The molecule has 0 aliphatic rings. The summed E-state index contributed by atoms with van der Waals surface area (Å²) in [7, 11) is 0. The number of halogens is 6. The molecule has 4 N–H and O–H groups in total. The number of azo groups is 2. The van der Waals surface area contributed by atoms with Crippen LogP contribution in [0.4, 0.5) is 60.5 Å². The van der Waals surface area contributed by atoms with Crippen LogP contribution in [0.1, 0.15) is 38.8 Å². The molecule has 0 fully saturated rings. The van der Waals surface area contributed by atoms with Gasteiger partial charge in [0.25, 0.3) is 0 Å². The zero-order valence-electron chi connectivity index (χ0n) is 27.8. The molecular formula is C34H36CoF6N6O4. The second-order valence-electron chi connectivity index (χ2n) is 10.5. The van der Waals surface area contributed by atoms with E-state index in [1.165, 1.54) is 24.3 Å². The smallest absolute Gasteiger partial charge is 0.416 e. The maximum atomic E-state index is 12.7. The van der Waals surface area contributed by atoms with Crippen LogP contribution >= 0.6 is 0 Å². The molecule has 0 bridgehead atoms. The number of rotatable bonds is 10. The average molecular weight is 766 g/mol. The fourth-order valence-corrected chi connectivity index (χ4v) is 4.54. The summed E-state index contributed by atoms with van der Waals surface area (Å²) < 4.78 is 76.3. The van der Waals surface area contributed by atoms with Crippen molar-refractivity contribution in [2.75, 3.05) is 36.0 Å². The zero-order valence-corrected chi connectivity index (χ0v) is 28.9. The van der Waals surface area contributed by atoms with Gasteiger partial charge in [0.2, 0.25) is 0 Å². The van der Waals surface area contributed by atoms with Gasteiger partial charge in [0.05, 0.1) is 11.1 Å². The van der Waals surface area contributed by atoms with Crippen LogP contribution in [0.5, 0.6) is 23.0 Å². The van der Waals surface area contributed by atoms with Gasteiger partial charge in [0.15, 0.2) is 0 Å². The van der Waals surface area contributed by atoms with E-state index in [9.17, 15) is 46.8 Å². The summed E-state index contributed by atoms with van der Waals surface area (Å²) in [6, 6.07) is 14.2. The van der Waals surface area contributed by atoms with Crippen molar-refractivity contribution in [3.63, 3.8) is 0 Å². The van der Waals surface area contributed by atoms with Gasteiger partial charge < -0.3 is 30.2 Å². The van der Waals surface area contributed by atoms with E-state index in [0.29, 0.717) is 12.1 Å². The van der Waals surface area contributed by atoms with Gasteiger partial charge in [-0.3, -0.25) is 0 Å². The van der Waals surface area contributed by atoms with E-state index in [1.807, 2.05) is 37.5 Å². The topological polar surface area (TPSA) is 137 Å². The maximum absolute atomic E-state index is 12.7. The summed E-state index contributed by atoms with van der Waals surface area (Å²) in [5, 5.41) is 54.1. The van der Waals surface area contributed by atoms with E-state index in [2.05, 4.69) is 20.5 Å². The number of aromatic hydroxyl groups is 4. The van der Waals surface area contributed by atoms with Gasteiger partial charge in [-0.2, -0.15) is 26.3 Å². The molecule has 0 saturated heterocycles. The molecule has 4 rings (SSSR count). The van der Waals surface area contributed by atoms with E-state index in [4.69, 9.17) is 0 Å². The van der Waals surface area contributed by atoms with E-state index < -0.39 is 35.0 Å². The van der Waals surface area contributed by atoms with Crippen LogP contribution in [-0.2, 0) is 29.1 Å². The Bertz CT molecular complexity index is 1680. The van der Waals surface area contributed by atoms with E-state index in [1.54, 1.807) is 12.1 Å². The van der Waals surface area contributed by atoms with Crippen molar-refractivity contribution in [3.05, 3.63) is 83.9 Å². The molecule has 51 heavy (non-hydrogen) atoms. The Labute approximate surface area is 300 Å². The molecular weight excluding hydrogens is 729 g/mol. The van der Waals surface area contributed by atoms with Crippen LogP contribution in [-0.4, -0.2) is 46.6 Å². The Kier molecular flexibility index (Phi) is 15.1. The predicted molar refractivity (Wildman–Crippen MR) is 178 cm³/mol. The summed E-state index contributed by atoms with van der Waals surface area (Å²) in [6.45, 7) is 10.9. The van der Waals surface area contributed by atoms with E-state index >= 15 is 0 Å². The van der Waals surface area contributed by atoms with Gasteiger partial charge in [-0.25, -0.2) is 0 Å². The summed E-state index contributed by atoms with van der Waals surface area (Å²) in [4.78, 5) is 4.03. The van der Waals surface area contributed by atoms with Crippen LogP contribution in [0.2, 0.25) is 0 Å². The number of hydrogen-bond acceptors (Lipinski definition) is 10. The van der Waals surface area contributed by atoms with Gasteiger partial charge in [-0.05, 0) is 88.4 Å². The van der Waals surface area contributed by atoms with Crippen molar-refractivity contribution in [2.45, 2.75) is 40.0 Å². The van der Waals surface area contributed by atoms with E-state index in [-0.39, 0.29) is 51.0 Å². The van der Waals surface area contributed by atoms with Gasteiger partial charge in [0, 0.05) is 66.5 Å². The number of alkyl halides is 6. The van der Waals surface area contributed by atoms with Crippen molar-refractivity contribution in [3.8, 4) is 23.0 Å². The SMILES string of the molecule is CCN(CC)c1ccc(N=Nc2cc(C(F)(F)F)ccc2O)c(O)c1.CCN(CC)c1ccc(N=Nc2cc(C(F)(F)F)ccc2O)c(O)c1.[Co]. The summed E-state index contributed by atoms with van der Waals surface area (Å²) in [6.07, 6.45) is -9.10. The third kappa shape index (κ3) is 11.5. The Morgan fingerprint density at radius 2 is 0.765 bits per heavy atom. The van der Waals surface area contributed by atoms with Gasteiger partial charge >= 0.3 is 12.4 Å². The standard InChI is InChI=1S/2C17H18F3N3O2.Co/c2*1-3-23(4-2)12-6-7-13(16(25)10-12)21-22-14-9-11(17(18,19)20)5-8-15(14)24;/h2*5-10,24-25H,3-4H2,1-2H3;. The second-order valence-corrected chi connectivity index (χ2v) is 10.5. The summed E-state index contributed by atoms with van der Waals surface area (Å²) >= 11 is 0. The van der Waals surface area contributed by atoms with Gasteiger partial charge in [0.1, 0.15) is 45.7 Å². The molecule has 17 heteroatoms. The molecule has 0 atom stereocenters. The van der Waals surface area contributed by atoms with Crippen molar-refractivity contribution >= 4 is 34.1 Å². The van der Waals surface area contributed by atoms with Crippen molar-refractivity contribution in [1.29, 1.82) is 0 Å². The van der Waals surface area contributed by atoms with Crippen LogP contribution in [0.3, 0.4) is 0 Å². The van der Waals surface area contributed by atoms with Gasteiger partial charge in [-0.15, -0.1) is 20.5 Å². The molecule has 1 radical (unpaired) electrons. The molecule has 4 aromatic carbocycles. The predicted octanol–water partition coefficient (Wildman–Crippen LogP) is 10.8. The number of benzene rings is 4. The second kappa shape index (κ2) is 18.3. The normalized spacial score (nSPS) is 11.6. The van der Waals surface area contributed by atoms with Crippen LogP contribution in [0, 0.1) is 0 Å². The first-order chi connectivity index (χ1) is 23.5. The summed E-state index contributed by atoms with van der Waals surface area (Å²) in [5.74, 6) is -1.17. The van der Waals surface area contributed by atoms with Crippen LogP contribution < -0.4 is 9.80 Å². The Morgan fingerprint density at radius 1 is 0.451 bits per heavy atom. The first-order valence-electron chi connectivity index (χ1n) is 15.3. The Hall–Kier alpha value is -5.03. The third-order valence-corrected chi connectivity index (χ3v) is 7.31. The first-order valence-corrected chi connectivity index (χ1v) is 15.3. The van der Waals surface area contributed by atoms with Crippen molar-refractivity contribution in [1.82, 2.24) is 0 Å². The van der Waals surface area contributed by atoms with Crippen molar-refractivity contribution < 1.29 is 63.5 Å². The number of anilines is 2. The molecule has 0 heterocycles. The Morgan fingerprint density at radius 3 is 1.04 bits per heavy atom. The summed E-state index contributed by atoms with van der Waals surface area (Å²) in [5.41, 5.74) is -0.781. The average Bonchev–Trinajstić information content (AvgIpc) is 3.05. The van der Waals surface area contributed by atoms with Crippen LogP contribution in [0.25, 0.3) is 0 Å². The number of hydrogen-bond donors (Lipinski definition) is 4. The minimum Gasteiger partial charge on any atom is -0.506 e. The fourth-order valence-electron chi connectivity index (χ4n) is 4.54. The minimum atomic E-state index is -4.55. The molecule has 277 valence electrons. The monoisotopic (exact) mass is 765 g/mol. The molecule has 0 saturated carbocycles. The number of phenols is 4. The molecule has 0 unspecified atom stereocenters. The molecule has 4 aromatic rings. The molecule has 0 amide bonds. The minimum absolute atomic E-state index is 0. The molecule has 10 nitrogen and oxygen atoms in total. The molecule has 0 spiro atoms. The number of nitrogens with zero attached hydrogens (tertiary/aromatic N) is 6. The van der Waals surface area contributed by atoms with E-state index in [0.717, 1.165) is 61.8 Å². The molecule has 0 aromatic heterocycles. The Balaban J connectivity index is 0.000000347. The first kappa shape index (κ1) is 42.1. The zero-order chi connectivity index (χ0) is 37.2. The van der Waals surface area contributed by atoms with Crippen LogP contribution in [0.15, 0.2) is 93.3 Å². The largest absolute Gasteiger partial charge is 0.506 e. The quantitative estimate of drug-likeness (QED) is 0.0937. The number of phenolic OH excluding ortho intramolecular Hbond substituents is 4. The molecule has 0 aliphatic heterocycles.